The number of hydrogen-bond donors (Lipinski definition) is 2. The highest BCUT2D eigenvalue weighted by molar-refractivity contribution is 14.1. The largest absolute Gasteiger partial charge is 0.508 e. The third-order valence-corrected chi connectivity index (χ3v) is 5.74. The summed E-state index contributed by atoms with van der Waals surface area (Å²) in [6, 6.07) is 19.4. The normalized spacial score (nSPS) is 10.9. The van der Waals surface area contributed by atoms with E-state index < -0.39 is 5.91 Å². The summed E-state index contributed by atoms with van der Waals surface area (Å²) in [5, 5.41) is 21.5. The molecular formula is C25H20BrIN2O4. The second-order valence-electron chi connectivity index (χ2n) is 6.85. The van der Waals surface area contributed by atoms with Crippen molar-refractivity contribution in [2.45, 2.75) is 13.5 Å². The number of carbonyl (C=O) groups excluding carboxylic acids is 1. The lowest BCUT2D eigenvalue weighted by molar-refractivity contribution is -0.112. The van der Waals surface area contributed by atoms with E-state index in [-0.39, 0.29) is 11.3 Å². The Balaban J connectivity index is 1.83. The summed E-state index contributed by atoms with van der Waals surface area (Å²) in [7, 11) is 0. The van der Waals surface area contributed by atoms with Crippen LogP contribution >= 0.6 is 38.5 Å². The minimum atomic E-state index is -0.559. The number of phenols is 1. The fraction of sp³-hybridized carbons (Fsp3) is 0.120. The Labute approximate surface area is 214 Å². The van der Waals surface area contributed by atoms with Crippen molar-refractivity contribution in [3.05, 3.63) is 85.4 Å². The lowest BCUT2D eigenvalue weighted by Gasteiger charge is -2.15. The number of phenolic OH excluding ortho intramolecular Hbond substituents is 1. The van der Waals surface area contributed by atoms with Crippen LogP contribution in [0.25, 0.3) is 6.08 Å². The molecule has 2 N–H and O–H groups in total. The fourth-order valence-electron chi connectivity index (χ4n) is 2.87. The van der Waals surface area contributed by atoms with E-state index in [9.17, 15) is 15.2 Å². The number of halogens is 2. The molecule has 6 nitrogen and oxygen atoms in total. The van der Waals surface area contributed by atoms with Crippen LogP contribution in [0.4, 0.5) is 5.69 Å². The van der Waals surface area contributed by atoms with Gasteiger partial charge in [0.1, 0.15) is 24.0 Å². The molecule has 0 aromatic heterocycles. The number of rotatable bonds is 8. The van der Waals surface area contributed by atoms with E-state index >= 15 is 0 Å². The highest BCUT2D eigenvalue weighted by atomic mass is 127. The van der Waals surface area contributed by atoms with Crippen LogP contribution in [0.2, 0.25) is 0 Å². The van der Waals surface area contributed by atoms with E-state index in [1.807, 2.05) is 37.3 Å². The van der Waals surface area contributed by atoms with Gasteiger partial charge in [0.05, 0.1) is 11.1 Å². The lowest BCUT2D eigenvalue weighted by atomic mass is 10.1. The molecule has 168 valence electrons. The molecule has 0 spiro atoms. The molecule has 0 bridgehead atoms. The maximum Gasteiger partial charge on any atom is 0.266 e. The molecule has 0 aliphatic heterocycles. The van der Waals surface area contributed by atoms with Crippen molar-refractivity contribution >= 4 is 56.2 Å². The van der Waals surface area contributed by atoms with Crippen molar-refractivity contribution in [1.82, 2.24) is 0 Å². The molecule has 0 fully saturated rings. The van der Waals surface area contributed by atoms with Gasteiger partial charge in [0.25, 0.3) is 5.91 Å². The molecule has 3 aromatic rings. The van der Waals surface area contributed by atoms with Gasteiger partial charge in [0.15, 0.2) is 11.5 Å². The van der Waals surface area contributed by atoms with E-state index in [1.165, 1.54) is 18.2 Å². The second-order valence-corrected chi connectivity index (χ2v) is 8.95. The van der Waals surface area contributed by atoms with Crippen molar-refractivity contribution < 1.29 is 19.4 Å². The third kappa shape index (κ3) is 6.97. The highest BCUT2D eigenvalue weighted by Gasteiger charge is 2.15. The van der Waals surface area contributed by atoms with Gasteiger partial charge in [-0.2, -0.15) is 5.26 Å². The number of nitriles is 1. The predicted octanol–water partition coefficient (Wildman–Crippen LogP) is 6.28. The fourth-order valence-corrected chi connectivity index (χ4v) is 3.80. The van der Waals surface area contributed by atoms with E-state index in [2.05, 4.69) is 43.8 Å². The van der Waals surface area contributed by atoms with Gasteiger partial charge >= 0.3 is 0 Å². The Morgan fingerprint density at radius 3 is 2.48 bits per heavy atom. The topological polar surface area (TPSA) is 91.6 Å². The van der Waals surface area contributed by atoms with Crippen molar-refractivity contribution in [3.63, 3.8) is 0 Å². The average Bonchev–Trinajstić information content (AvgIpc) is 2.79. The molecule has 0 heterocycles. The first kappa shape index (κ1) is 24.6. The molecule has 8 heteroatoms. The molecule has 0 unspecified atom stereocenters. The van der Waals surface area contributed by atoms with Crippen LogP contribution < -0.4 is 14.8 Å². The van der Waals surface area contributed by atoms with Crippen molar-refractivity contribution in [1.29, 1.82) is 5.26 Å². The summed E-state index contributed by atoms with van der Waals surface area (Å²) >= 11 is 5.77. The SMILES string of the molecule is CCOc1cc(/C=C(\C#N)C(=O)Nc2ccc(O)cc2)cc(Br)c1OCc1ccc(I)cc1. The van der Waals surface area contributed by atoms with Crippen LogP contribution in [-0.4, -0.2) is 17.6 Å². The molecular weight excluding hydrogens is 599 g/mol. The number of aromatic hydroxyl groups is 1. The molecule has 0 aliphatic rings. The Morgan fingerprint density at radius 2 is 1.85 bits per heavy atom. The second kappa shape index (κ2) is 11.7. The third-order valence-electron chi connectivity index (χ3n) is 4.43. The molecule has 3 aromatic carbocycles. The van der Waals surface area contributed by atoms with E-state index in [4.69, 9.17) is 9.47 Å². The number of amides is 1. The molecule has 3 rings (SSSR count). The molecule has 0 saturated carbocycles. The standard InChI is InChI=1S/C25H20BrIN2O4/c1-2-32-23-13-17(11-18(14-28)25(31)29-20-7-9-21(30)10-8-20)12-22(26)24(23)33-15-16-3-5-19(27)6-4-16/h3-13,30H,2,15H2,1H3,(H,29,31)/b18-11+. The zero-order valence-corrected chi connectivity index (χ0v) is 21.4. The predicted molar refractivity (Wildman–Crippen MR) is 139 cm³/mol. The van der Waals surface area contributed by atoms with Crippen LogP contribution in [0.15, 0.2) is 70.7 Å². The first-order valence-electron chi connectivity index (χ1n) is 9.95. The molecule has 33 heavy (non-hydrogen) atoms. The highest BCUT2D eigenvalue weighted by Crippen LogP contribution is 2.38. The van der Waals surface area contributed by atoms with Crippen LogP contribution in [0.5, 0.6) is 17.2 Å². The average molecular weight is 619 g/mol. The monoisotopic (exact) mass is 618 g/mol. The molecule has 1 amide bonds. The number of hydrogen-bond acceptors (Lipinski definition) is 5. The maximum atomic E-state index is 12.5. The van der Waals surface area contributed by atoms with Crippen molar-refractivity contribution in [2.24, 2.45) is 0 Å². The Hall–Kier alpha value is -3.03. The van der Waals surface area contributed by atoms with Crippen LogP contribution in [0.1, 0.15) is 18.1 Å². The van der Waals surface area contributed by atoms with Gasteiger partial charge in [0.2, 0.25) is 0 Å². The number of nitrogens with one attached hydrogen (secondary N) is 1. The minimum absolute atomic E-state index is 0.0787. The number of benzene rings is 3. The maximum absolute atomic E-state index is 12.5. The van der Waals surface area contributed by atoms with Crippen LogP contribution in [0, 0.1) is 14.9 Å². The summed E-state index contributed by atoms with van der Waals surface area (Å²) in [6.45, 7) is 2.65. The first-order chi connectivity index (χ1) is 15.9. The first-order valence-corrected chi connectivity index (χ1v) is 11.8. The summed E-state index contributed by atoms with van der Waals surface area (Å²) < 4.78 is 13.6. The van der Waals surface area contributed by atoms with Gasteiger partial charge in [0, 0.05) is 9.26 Å². The van der Waals surface area contributed by atoms with Gasteiger partial charge in [-0.15, -0.1) is 0 Å². The minimum Gasteiger partial charge on any atom is -0.508 e. The molecule has 0 atom stereocenters. The van der Waals surface area contributed by atoms with Gasteiger partial charge in [-0.3, -0.25) is 4.79 Å². The smallest absolute Gasteiger partial charge is 0.266 e. The van der Waals surface area contributed by atoms with E-state index in [1.54, 1.807) is 24.3 Å². The van der Waals surface area contributed by atoms with E-state index in [0.29, 0.717) is 40.4 Å². The van der Waals surface area contributed by atoms with E-state index in [0.717, 1.165) is 9.13 Å². The quantitative estimate of drug-likeness (QED) is 0.134. The summed E-state index contributed by atoms with van der Waals surface area (Å²) in [5.41, 5.74) is 2.01. The van der Waals surface area contributed by atoms with Crippen molar-refractivity contribution in [3.8, 4) is 23.3 Å². The number of ether oxygens (including phenoxy) is 2. The Bertz CT molecular complexity index is 1200. The molecule has 0 saturated heterocycles. The van der Waals surface area contributed by atoms with Crippen molar-refractivity contribution in [2.75, 3.05) is 11.9 Å². The molecule has 0 radical (unpaired) electrons. The number of nitrogens with zero attached hydrogens (tertiary/aromatic N) is 1. The molecule has 0 aliphatic carbocycles. The van der Waals surface area contributed by atoms with Gasteiger partial charge in [-0.05, 0) is 111 Å². The zero-order chi connectivity index (χ0) is 23.8. The zero-order valence-electron chi connectivity index (χ0n) is 17.6. The van der Waals surface area contributed by atoms with Gasteiger partial charge < -0.3 is 19.9 Å². The summed E-state index contributed by atoms with van der Waals surface area (Å²) in [6.07, 6.45) is 1.48. The number of carbonyl (C=O) groups is 1. The van der Waals surface area contributed by atoms with Gasteiger partial charge in [-0.1, -0.05) is 12.1 Å². The Kier molecular flexibility index (Phi) is 8.74. The Morgan fingerprint density at radius 1 is 1.15 bits per heavy atom. The van der Waals surface area contributed by atoms with Gasteiger partial charge in [-0.25, -0.2) is 0 Å². The van der Waals surface area contributed by atoms with Crippen LogP contribution in [0.3, 0.4) is 0 Å². The lowest BCUT2D eigenvalue weighted by Crippen LogP contribution is -2.13. The van der Waals surface area contributed by atoms with Crippen LogP contribution in [-0.2, 0) is 11.4 Å². The number of anilines is 1. The summed E-state index contributed by atoms with van der Waals surface area (Å²) in [4.78, 5) is 12.5. The summed E-state index contributed by atoms with van der Waals surface area (Å²) in [5.74, 6) is 0.567.